The molecule has 0 spiro atoms. The van der Waals surface area contributed by atoms with Crippen molar-refractivity contribution in [2.45, 2.75) is 13.3 Å². The molecule has 2 amide bonds. The number of hydrogen-bond donors (Lipinski definition) is 1. The minimum absolute atomic E-state index is 0.0528. The minimum atomic E-state index is -0.0528. The molecule has 27 heavy (non-hydrogen) atoms. The molecule has 3 rings (SSSR count). The predicted octanol–water partition coefficient (Wildman–Crippen LogP) is 2.97. The number of anilines is 1. The number of benzene rings is 2. The van der Waals surface area contributed by atoms with E-state index in [1.54, 1.807) is 6.92 Å². The summed E-state index contributed by atoms with van der Waals surface area (Å²) in [7, 11) is 0. The van der Waals surface area contributed by atoms with Gasteiger partial charge in [-0.25, -0.2) is 0 Å². The predicted molar refractivity (Wildman–Crippen MR) is 105 cm³/mol. The van der Waals surface area contributed by atoms with Crippen LogP contribution in [0.15, 0.2) is 54.6 Å². The Labute approximate surface area is 159 Å². The molecule has 0 saturated carbocycles. The number of para-hydroxylation sites is 1. The van der Waals surface area contributed by atoms with E-state index < -0.39 is 0 Å². The highest BCUT2D eigenvalue weighted by atomic mass is 16.5. The fourth-order valence-corrected chi connectivity index (χ4v) is 3.08. The molecule has 2 aromatic rings. The van der Waals surface area contributed by atoms with Crippen LogP contribution in [0, 0.1) is 0 Å². The Bertz CT molecular complexity index is 762. The van der Waals surface area contributed by atoms with Crippen LogP contribution in [0.4, 0.5) is 5.69 Å². The van der Waals surface area contributed by atoms with Crippen molar-refractivity contribution in [2.24, 2.45) is 0 Å². The molecule has 0 aliphatic carbocycles. The summed E-state index contributed by atoms with van der Waals surface area (Å²) in [5, 5.41) is 2.92. The van der Waals surface area contributed by atoms with Gasteiger partial charge in [0.05, 0.1) is 6.54 Å². The molecular formula is C21H25N3O3. The molecule has 1 saturated heterocycles. The van der Waals surface area contributed by atoms with Gasteiger partial charge in [-0.05, 0) is 42.8 Å². The van der Waals surface area contributed by atoms with Gasteiger partial charge in [0, 0.05) is 38.8 Å². The van der Waals surface area contributed by atoms with E-state index in [0.717, 1.165) is 43.2 Å². The lowest BCUT2D eigenvalue weighted by Gasteiger charge is -2.20. The van der Waals surface area contributed by atoms with Gasteiger partial charge in [-0.3, -0.25) is 14.5 Å². The van der Waals surface area contributed by atoms with Crippen molar-refractivity contribution < 1.29 is 14.3 Å². The highest BCUT2D eigenvalue weighted by Gasteiger charge is 2.18. The maximum absolute atomic E-state index is 12.3. The van der Waals surface area contributed by atoms with E-state index in [4.69, 9.17) is 4.74 Å². The normalized spacial score (nSPS) is 15.1. The third kappa shape index (κ3) is 5.82. The quantitative estimate of drug-likeness (QED) is 0.883. The van der Waals surface area contributed by atoms with E-state index in [0.29, 0.717) is 13.1 Å². The summed E-state index contributed by atoms with van der Waals surface area (Å²) in [6.07, 6.45) is 0.887. The zero-order valence-corrected chi connectivity index (χ0v) is 15.6. The fourth-order valence-electron chi connectivity index (χ4n) is 3.08. The summed E-state index contributed by atoms with van der Waals surface area (Å²) in [4.78, 5) is 27.7. The van der Waals surface area contributed by atoms with Crippen molar-refractivity contribution in [3.63, 3.8) is 0 Å². The summed E-state index contributed by atoms with van der Waals surface area (Å²) in [5.41, 5.74) is 0.737. The van der Waals surface area contributed by atoms with Gasteiger partial charge in [0.25, 0.3) is 0 Å². The molecule has 1 heterocycles. The van der Waals surface area contributed by atoms with Crippen molar-refractivity contribution in [1.82, 2.24) is 9.80 Å². The Hall–Kier alpha value is -2.86. The van der Waals surface area contributed by atoms with E-state index in [-0.39, 0.29) is 11.8 Å². The monoisotopic (exact) mass is 367 g/mol. The number of carbonyl (C=O) groups is 2. The van der Waals surface area contributed by atoms with Crippen LogP contribution in [-0.2, 0) is 9.59 Å². The molecule has 142 valence electrons. The van der Waals surface area contributed by atoms with Gasteiger partial charge in [-0.1, -0.05) is 18.2 Å². The second-order valence-electron chi connectivity index (χ2n) is 6.62. The second-order valence-corrected chi connectivity index (χ2v) is 6.62. The number of nitrogens with one attached hydrogen (secondary N) is 1. The molecule has 0 unspecified atom stereocenters. The molecule has 2 aromatic carbocycles. The molecular weight excluding hydrogens is 342 g/mol. The van der Waals surface area contributed by atoms with Crippen LogP contribution in [0.25, 0.3) is 0 Å². The first kappa shape index (κ1) is 18.9. The first-order valence-electron chi connectivity index (χ1n) is 9.21. The molecule has 1 N–H and O–H groups in total. The summed E-state index contributed by atoms with van der Waals surface area (Å²) < 4.78 is 5.75. The highest BCUT2D eigenvalue weighted by Crippen LogP contribution is 2.22. The van der Waals surface area contributed by atoms with Gasteiger partial charge in [0.2, 0.25) is 11.8 Å². The van der Waals surface area contributed by atoms with Crippen LogP contribution in [0.1, 0.15) is 13.3 Å². The molecule has 0 aromatic heterocycles. The van der Waals surface area contributed by atoms with Gasteiger partial charge in [-0.15, -0.1) is 0 Å². The molecule has 6 heteroatoms. The van der Waals surface area contributed by atoms with Gasteiger partial charge < -0.3 is 15.0 Å². The smallest absolute Gasteiger partial charge is 0.238 e. The van der Waals surface area contributed by atoms with E-state index in [1.807, 2.05) is 59.5 Å². The van der Waals surface area contributed by atoms with Crippen LogP contribution in [-0.4, -0.2) is 54.3 Å². The Morgan fingerprint density at radius 2 is 1.63 bits per heavy atom. The molecule has 1 aliphatic heterocycles. The molecule has 6 nitrogen and oxygen atoms in total. The number of rotatable bonds is 5. The summed E-state index contributed by atoms with van der Waals surface area (Å²) in [6.45, 7) is 4.89. The SMILES string of the molecule is CC(=O)N1CCCN(CC(=O)Nc2ccc(Oc3ccccc3)cc2)CC1. The minimum Gasteiger partial charge on any atom is -0.457 e. The van der Waals surface area contributed by atoms with Crippen LogP contribution in [0.5, 0.6) is 11.5 Å². The standard InChI is InChI=1S/C21H25N3O3/c1-17(25)24-13-5-12-23(14-15-24)16-21(26)22-18-8-10-20(11-9-18)27-19-6-3-2-4-7-19/h2-4,6-11H,5,12-16H2,1H3,(H,22,26). The van der Waals surface area contributed by atoms with E-state index in [9.17, 15) is 9.59 Å². The summed E-state index contributed by atoms with van der Waals surface area (Å²) >= 11 is 0. The van der Waals surface area contributed by atoms with Crippen LogP contribution >= 0.6 is 0 Å². The van der Waals surface area contributed by atoms with E-state index >= 15 is 0 Å². The Kier molecular flexibility index (Phi) is 6.44. The van der Waals surface area contributed by atoms with E-state index in [2.05, 4.69) is 10.2 Å². The number of nitrogens with zero attached hydrogens (tertiary/aromatic N) is 2. The van der Waals surface area contributed by atoms with Gasteiger partial charge in [-0.2, -0.15) is 0 Å². The van der Waals surface area contributed by atoms with Crippen LogP contribution in [0.3, 0.4) is 0 Å². The average Bonchev–Trinajstić information content (AvgIpc) is 2.90. The molecule has 1 fully saturated rings. The zero-order valence-electron chi connectivity index (χ0n) is 15.6. The average molecular weight is 367 g/mol. The lowest BCUT2D eigenvalue weighted by Crippen LogP contribution is -2.37. The number of carbonyl (C=O) groups excluding carboxylic acids is 2. The summed E-state index contributed by atoms with van der Waals surface area (Å²) in [6, 6.07) is 16.9. The molecule has 0 radical (unpaired) electrons. The Balaban J connectivity index is 1.48. The Morgan fingerprint density at radius 1 is 0.926 bits per heavy atom. The molecule has 0 bridgehead atoms. The first-order valence-corrected chi connectivity index (χ1v) is 9.21. The van der Waals surface area contributed by atoms with E-state index in [1.165, 1.54) is 0 Å². The topological polar surface area (TPSA) is 61.9 Å². The lowest BCUT2D eigenvalue weighted by molar-refractivity contribution is -0.128. The maximum atomic E-state index is 12.3. The Morgan fingerprint density at radius 3 is 2.33 bits per heavy atom. The third-order valence-corrected chi connectivity index (χ3v) is 4.52. The third-order valence-electron chi connectivity index (χ3n) is 4.52. The maximum Gasteiger partial charge on any atom is 0.238 e. The van der Waals surface area contributed by atoms with Crippen molar-refractivity contribution >= 4 is 17.5 Å². The lowest BCUT2D eigenvalue weighted by atomic mass is 10.3. The molecule has 0 atom stereocenters. The van der Waals surface area contributed by atoms with Crippen molar-refractivity contribution in [3.8, 4) is 11.5 Å². The van der Waals surface area contributed by atoms with Crippen molar-refractivity contribution in [3.05, 3.63) is 54.6 Å². The summed E-state index contributed by atoms with van der Waals surface area (Å²) in [5.74, 6) is 1.54. The van der Waals surface area contributed by atoms with Gasteiger partial charge in [0.15, 0.2) is 0 Å². The zero-order chi connectivity index (χ0) is 19.1. The number of amides is 2. The van der Waals surface area contributed by atoms with Crippen molar-refractivity contribution in [2.75, 3.05) is 38.0 Å². The fraction of sp³-hybridized carbons (Fsp3) is 0.333. The first-order chi connectivity index (χ1) is 13.1. The number of hydrogen-bond acceptors (Lipinski definition) is 4. The second kappa shape index (κ2) is 9.19. The van der Waals surface area contributed by atoms with Gasteiger partial charge >= 0.3 is 0 Å². The molecule has 1 aliphatic rings. The van der Waals surface area contributed by atoms with Crippen LogP contribution in [0.2, 0.25) is 0 Å². The van der Waals surface area contributed by atoms with Crippen molar-refractivity contribution in [1.29, 1.82) is 0 Å². The largest absolute Gasteiger partial charge is 0.457 e. The highest BCUT2D eigenvalue weighted by molar-refractivity contribution is 5.92. The van der Waals surface area contributed by atoms with Gasteiger partial charge in [0.1, 0.15) is 11.5 Å². The number of ether oxygens (including phenoxy) is 1. The van der Waals surface area contributed by atoms with Crippen LogP contribution < -0.4 is 10.1 Å².